The fourth-order valence-corrected chi connectivity index (χ4v) is 2.74. The molecule has 1 amide bonds. The standard InChI is InChI=1S/C20H24N2O3.C2H4O/c1-20(2,3)25-19(23)21-16-9-10-18-17(13-16)22(11-12-24-18)14-15-7-5-4-6-8-15;1-2-3/h4-10,13H,11-12,14H2,1-3H3,(H,21,23);2H,1H3. The number of rotatable bonds is 3. The first-order valence-corrected chi connectivity index (χ1v) is 9.28. The van der Waals surface area contributed by atoms with E-state index in [1.54, 1.807) is 0 Å². The molecule has 2 aromatic rings. The molecule has 0 fully saturated rings. The monoisotopic (exact) mass is 384 g/mol. The number of fused-ring (bicyclic) bond motifs is 1. The molecule has 0 bridgehead atoms. The number of hydrogen-bond donors (Lipinski definition) is 1. The number of amides is 1. The summed E-state index contributed by atoms with van der Waals surface area (Å²) in [4.78, 5) is 23.1. The zero-order chi connectivity index (χ0) is 20.6. The fourth-order valence-electron chi connectivity index (χ4n) is 2.74. The number of aldehydes is 1. The molecule has 0 saturated carbocycles. The van der Waals surface area contributed by atoms with Gasteiger partial charge in [-0.05, 0) is 51.5 Å². The van der Waals surface area contributed by atoms with Crippen molar-refractivity contribution in [2.24, 2.45) is 0 Å². The Bertz CT molecular complexity index is 785. The molecule has 0 saturated heterocycles. The molecule has 1 heterocycles. The summed E-state index contributed by atoms with van der Waals surface area (Å²) in [5.41, 5.74) is 2.38. The average Bonchev–Trinajstić information content (AvgIpc) is 2.62. The maximum absolute atomic E-state index is 12.0. The summed E-state index contributed by atoms with van der Waals surface area (Å²) in [6, 6.07) is 16.0. The number of carbonyl (C=O) groups is 2. The van der Waals surface area contributed by atoms with E-state index in [1.807, 2.05) is 57.2 Å². The molecule has 0 aromatic heterocycles. The largest absolute Gasteiger partial charge is 0.490 e. The maximum Gasteiger partial charge on any atom is 0.412 e. The molecular formula is C22H28N2O4. The topological polar surface area (TPSA) is 67.9 Å². The first-order valence-electron chi connectivity index (χ1n) is 9.28. The minimum absolute atomic E-state index is 0.459. The lowest BCUT2D eigenvalue weighted by molar-refractivity contribution is -0.106. The molecule has 28 heavy (non-hydrogen) atoms. The molecule has 1 N–H and O–H groups in total. The second-order valence-corrected chi connectivity index (χ2v) is 7.30. The number of nitrogens with zero attached hydrogens (tertiary/aromatic N) is 1. The summed E-state index contributed by atoms with van der Waals surface area (Å²) in [6.45, 7) is 9.22. The van der Waals surface area contributed by atoms with Gasteiger partial charge in [-0.25, -0.2) is 4.79 Å². The quantitative estimate of drug-likeness (QED) is 0.781. The molecule has 6 heteroatoms. The minimum Gasteiger partial charge on any atom is -0.490 e. The molecule has 3 rings (SSSR count). The normalized spacial score (nSPS) is 12.6. The van der Waals surface area contributed by atoms with Crippen LogP contribution in [0.5, 0.6) is 5.75 Å². The van der Waals surface area contributed by atoms with E-state index in [2.05, 4.69) is 22.3 Å². The Kier molecular flexibility index (Phi) is 7.44. The highest BCUT2D eigenvalue weighted by molar-refractivity contribution is 5.86. The Labute approximate surface area is 166 Å². The number of nitrogens with one attached hydrogen (secondary N) is 1. The molecule has 0 unspecified atom stereocenters. The van der Waals surface area contributed by atoms with E-state index in [0.717, 1.165) is 30.8 Å². The van der Waals surface area contributed by atoms with Gasteiger partial charge in [-0.1, -0.05) is 30.3 Å². The van der Waals surface area contributed by atoms with Crippen molar-refractivity contribution in [1.29, 1.82) is 0 Å². The zero-order valence-electron chi connectivity index (χ0n) is 16.9. The Morgan fingerprint density at radius 3 is 2.54 bits per heavy atom. The van der Waals surface area contributed by atoms with Gasteiger partial charge >= 0.3 is 6.09 Å². The predicted octanol–water partition coefficient (Wildman–Crippen LogP) is 4.64. The van der Waals surface area contributed by atoms with E-state index in [9.17, 15) is 4.79 Å². The van der Waals surface area contributed by atoms with Crippen LogP contribution in [0.1, 0.15) is 33.3 Å². The Morgan fingerprint density at radius 1 is 1.21 bits per heavy atom. The van der Waals surface area contributed by atoms with Crippen LogP contribution in [0.2, 0.25) is 0 Å². The molecule has 1 aliphatic heterocycles. The summed E-state index contributed by atoms with van der Waals surface area (Å²) >= 11 is 0. The summed E-state index contributed by atoms with van der Waals surface area (Å²) in [5, 5.41) is 2.79. The second kappa shape index (κ2) is 9.78. The van der Waals surface area contributed by atoms with E-state index in [1.165, 1.54) is 12.5 Å². The summed E-state index contributed by atoms with van der Waals surface area (Å²) in [5.74, 6) is 0.830. The van der Waals surface area contributed by atoms with Crippen molar-refractivity contribution in [1.82, 2.24) is 0 Å². The zero-order valence-corrected chi connectivity index (χ0v) is 16.9. The number of carbonyl (C=O) groups excluding carboxylic acids is 2. The van der Waals surface area contributed by atoms with Crippen LogP contribution in [0.15, 0.2) is 48.5 Å². The first kappa shape index (κ1) is 21.3. The van der Waals surface area contributed by atoms with E-state index in [4.69, 9.17) is 14.3 Å². The third-order valence-corrected chi connectivity index (χ3v) is 3.78. The van der Waals surface area contributed by atoms with Crippen LogP contribution in [-0.2, 0) is 16.1 Å². The van der Waals surface area contributed by atoms with Gasteiger partial charge in [-0.3, -0.25) is 5.32 Å². The molecule has 150 valence electrons. The number of benzene rings is 2. The number of anilines is 2. The third kappa shape index (κ3) is 6.61. The Hall–Kier alpha value is -3.02. The fraction of sp³-hybridized carbons (Fsp3) is 0.364. The van der Waals surface area contributed by atoms with Gasteiger partial charge in [0.05, 0.1) is 12.2 Å². The van der Waals surface area contributed by atoms with Crippen LogP contribution in [0.4, 0.5) is 16.2 Å². The summed E-state index contributed by atoms with van der Waals surface area (Å²) in [7, 11) is 0. The highest BCUT2D eigenvalue weighted by Crippen LogP contribution is 2.35. The molecule has 6 nitrogen and oxygen atoms in total. The Balaban J connectivity index is 0.000000878. The van der Waals surface area contributed by atoms with Crippen LogP contribution in [0, 0.1) is 0 Å². The minimum atomic E-state index is -0.527. The smallest absolute Gasteiger partial charge is 0.412 e. The van der Waals surface area contributed by atoms with Crippen molar-refractivity contribution in [3.8, 4) is 5.75 Å². The highest BCUT2D eigenvalue weighted by atomic mass is 16.6. The van der Waals surface area contributed by atoms with Crippen LogP contribution in [0.3, 0.4) is 0 Å². The SMILES string of the molecule is CC(C)(C)OC(=O)Nc1ccc2c(c1)N(Cc1ccccc1)CCO2.CC=O. The molecule has 0 atom stereocenters. The molecule has 1 aliphatic rings. The van der Waals surface area contributed by atoms with Crippen molar-refractivity contribution in [2.75, 3.05) is 23.4 Å². The summed E-state index contributed by atoms with van der Waals surface area (Å²) < 4.78 is 11.1. The van der Waals surface area contributed by atoms with Gasteiger partial charge in [-0.2, -0.15) is 0 Å². The number of ether oxygens (including phenoxy) is 2. The van der Waals surface area contributed by atoms with Crippen molar-refractivity contribution in [3.63, 3.8) is 0 Å². The molecule has 2 aromatic carbocycles. The van der Waals surface area contributed by atoms with Gasteiger partial charge in [0, 0.05) is 12.2 Å². The van der Waals surface area contributed by atoms with E-state index >= 15 is 0 Å². The van der Waals surface area contributed by atoms with Crippen LogP contribution in [0.25, 0.3) is 0 Å². The predicted molar refractivity (Wildman–Crippen MR) is 111 cm³/mol. The maximum atomic E-state index is 12.0. The molecular weight excluding hydrogens is 356 g/mol. The van der Waals surface area contributed by atoms with E-state index in [0.29, 0.717) is 12.3 Å². The average molecular weight is 384 g/mol. The molecule has 0 spiro atoms. The van der Waals surface area contributed by atoms with Gasteiger partial charge in [-0.15, -0.1) is 0 Å². The third-order valence-electron chi connectivity index (χ3n) is 3.78. The van der Waals surface area contributed by atoms with Gasteiger partial charge in [0.15, 0.2) is 0 Å². The van der Waals surface area contributed by atoms with Gasteiger partial charge in [0.1, 0.15) is 24.2 Å². The Morgan fingerprint density at radius 2 is 1.89 bits per heavy atom. The lowest BCUT2D eigenvalue weighted by Crippen LogP contribution is -2.32. The van der Waals surface area contributed by atoms with Gasteiger partial charge < -0.3 is 19.2 Å². The summed E-state index contributed by atoms with van der Waals surface area (Å²) in [6.07, 6.45) is 0.291. The van der Waals surface area contributed by atoms with Gasteiger partial charge in [0.2, 0.25) is 0 Å². The van der Waals surface area contributed by atoms with Crippen molar-refractivity contribution in [2.45, 2.75) is 39.8 Å². The van der Waals surface area contributed by atoms with Crippen LogP contribution in [-0.4, -0.2) is 31.1 Å². The first-order chi connectivity index (χ1) is 13.3. The second-order valence-electron chi connectivity index (χ2n) is 7.30. The highest BCUT2D eigenvalue weighted by Gasteiger charge is 2.20. The van der Waals surface area contributed by atoms with Crippen molar-refractivity contribution >= 4 is 23.8 Å². The lowest BCUT2D eigenvalue weighted by atomic mass is 10.1. The van der Waals surface area contributed by atoms with E-state index in [-0.39, 0.29) is 0 Å². The van der Waals surface area contributed by atoms with Crippen molar-refractivity contribution < 1.29 is 19.1 Å². The van der Waals surface area contributed by atoms with Crippen molar-refractivity contribution in [3.05, 3.63) is 54.1 Å². The molecule has 0 radical (unpaired) electrons. The number of hydrogen-bond acceptors (Lipinski definition) is 5. The lowest BCUT2D eigenvalue weighted by Gasteiger charge is -2.31. The van der Waals surface area contributed by atoms with Crippen LogP contribution < -0.4 is 15.0 Å². The van der Waals surface area contributed by atoms with Gasteiger partial charge in [0.25, 0.3) is 0 Å². The van der Waals surface area contributed by atoms with Crippen LogP contribution >= 0.6 is 0 Å². The van der Waals surface area contributed by atoms with E-state index < -0.39 is 11.7 Å². The molecule has 0 aliphatic carbocycles.